The van der Waals surface area contributed by atoms with E-state index in [0.717, 1.165) is 42.8 Å². The Bertz CT molecular complexity index is 972. The SMILES string of the molecule is CCOc1ccccc1CNC(=O)C1CCCCc2nnc(-c3cnccn3)n21. The summed E-state index contributed by atoms with van der Waals surface area (Å²) in [7, 11) is 0. The molecule has 1 atom stereocenters. The van der Waals surface area contributed by atoms with Gasteiger partial charge in [-0.05, 0) is 25.8 Å². The minimum absolute atomic E-state index is 0.0515. The maximum atomic E-state index is 13.2. The van der Waals surface area contributed by atoms with Gasteiger partial charge in [-0.25, -0.2) is 4.98 Å². The highest BCUT2D eigenvalue weighted by atomic mass is 16.5. The Morgan fingerprint density at radius 3 is 2.97 bits per heavy atom. The second-order valence-corrected chi connectivity index (χ2v) is 6.92. The normalized spacial score (nSPS) is 16.0. The molecule has 1 aliphatic rings. The summed E-state index contributed by atoms with van der Waals surface area (Å²) in [6.45, 7) is 2.94. The van der Waals surface area contributed by atoms with Crippen LogP contribution in [-0.2, 0) is 17.8 Å². The number of benzene rings is 1. The van der Waals surface area contributed by atoms with Gasteiger partial charge in [-0.1, -0.05) is 24.6 Å². The predicted octanol–water partition coefficient (Wildman–Crippen LogP) is 2.72. The molecule has 1 amide bonds. The fourth-order valence-electron chi connectivity index (χ4n) is 3.66. The van der Waals surface area contributed by atoms with E-state index in [0.29, 0.717) is 24.7 Å². The molecule has 0 radical (unpaired) electrons. The fraction of sp³-hybridized carbons (Fsp3) is 0.381. The van der Waals surface area contributed by atoms with Crippen LogP contribution in [0.2, 0.25) is 0 Å². The smallest absolute Gasteiger partial charge is 0.243 e. The molecule has 0 saturated heterocycles. The highest BCUT2D eigenvalue weighted by Gasteiger charge is 2.29. The number of carbonyl (C=O) groups excluding carboxylic acids is 1. The molecule has 1 aliphatic heterocycles. The van der Waals surface area contributed by atoms with Crippen LogP contribution >= 0.6 is 0 Å². The first-order valence-corrected chi connectivity index (χ1v) is 9.96. The highest BCUT2D eigenvalue weighted by Crippen LogP contribution is 2.29. The van der Waals surface area contributed by atoms with E-state index in [2.05, 4.69) is 25.5 Å². The van der Waals surface area contributed by atoms with E-state index in [1.165, 1.54) is 0 Å². The third kappa shape index (κ3) is 4.11. The van der Waals surface area contributed by atoms with Crippen LogP contribution in [0, 0.1) is 0 Å². The molecule has 0 aliphatic carbocycles. The van der Waals surface area contributed by atoms with Gasteiger partial charge in [0.1, 0.15) is 23.3 Å². The Morgan fingerprint density at radius 2 is 2.14 bits per heavy atom. The van der Waals surface area contributed by atoms with Crippen molar-refractivity contribution in [1.82, 2.24) is 30.0 Å². The molecule has 4 rings (SSSR count). The summed E-state index contributed by atoms with van der Waals surface area (Å²) in [5, 5.41) is 11.7. The van der Waals surface area contributed by atoms with Crippen molar-refractivity contribution < 1.29 is 9.53 Å². The molecule has 0 fully saturated rings. The van der Waals surface area contributed by atoms with Crippen molar-refractivity contribution in [3.05, 3.63) is 54.2 Å². The van der Waals surface area contributed by atoms with Gasteiger partial charge in [0, 0.05) is 30.9 Å². The average molecular weight is 392 g/mol. The van der Waals surface area contributed by atoms with E-state index in [-0.39, 0.29) is 11.9 Å². The molecule has 3 heterocycles. The average Bonchev–Trinajstić information content (AvgIpc) is 3.06. The third-order valence-corrected chi connectivity index (χ3v) is 5.03. The Hall–Kier alpha value is -3.29. The van der Waals surface area contributed by atoms with Crippen molar-refractivity contribution >= 4 is 5.91 Å². The number of aryl methyl sites for hydroxylation is 1. The maximum Gasteiger partial charge on any atom is 0.243 e. The Kier molecular flexibility index (Phi) is 5.79. The zero-order valence-corrected chi connectivity index (χ0v) is 16.4. The van der Waals surface area contributed by atoms with Crippen LogP contribution in [0.3, 0.4) is 0 Å². The lowest BCUT2D eigenvalue weighted by Crippen LogP contribution is -2.33. The number of amides is 1. The number of fused-ring (bicyclic) bond motifs is 1. The van der Waals surface area contributed by atoms with Gasteiger partial charge in [-0.15, -0.1) is 10.2 Å². The second-order valence-electron chi connectivity index (χ2n) is 6.92. The summed E-state index contributed by atoms with van der Waals surface area (Å²) in [4.78, 5) is 21.6. The summed E-state index contributed by atoms with van der Waals surface area (Å²) in [6, 6.07) is 7.38. The summed E-state index contributed by atoms with van der Waals surface area (Å²) < 4.78 is 7.60. The Labute approximate surface area is 169 Å². The van der Waals surface area contributed by atoms with Gasteiger partial charge < -0.3 is 10.1 Å². The molecule has 1 aromatic carbocycles. The topological polar surface area (TPSA) is 94.8 Å². The van der Waals surface area contributed by atoms with Gasteiger partial charge in [-0.2, -0.15) is 0 Å². The minimum Gasteiger partial charge on any atom is -0.494 e. The largest absolute Gasteiger partial charge is 0.494 e. The molecule has 0 spiro atoms. The van der Waals surface area contributed by atoms with Gasteiger partial charge in [0.15, 0.2) is 5.82 Å². The Morgan fingerprint density at radius 1 is 1.24 bits per heavy atom. The van der Waals surface area contributed by atoms with E-state index in [9.17, 15) is 4.79 Å². The first-order valence-electron chi connectivity index (χ1n) is 9.96. The molecule has 1 N–H and O–H groups in total. The summed E-state index contributed by atoms with van der Waals surface area (Å²) in [5.41, 5.74) is 1.57. The van der Waals surface area contributed by atoms with E-state index in [1.54, 1.807) is 18.6 Å². The number of nitrogens with zero attached hydrogens (tertiary/aromatic N) is 5. The molecule has 150 valence electrons. The number of hydrogen-bond donors (Lipinski definition) is 1. The molecular formula is C21H24N6O2. The zero-order chi connectivity index (χ0) is 20.1. The number of para-hydroxylation sites is 1. The number of aromatic nitrogens is 5. The van der Waals surface area contributed by atoms with Crippen LogP contribution in [-0.4, -0.2) is 37.2 Å². The standard InChI is InChI=1S/C21H24N6O2/c1-2-29-18-9-5-3-7-15(18)13-24-21(28)17-8-4-6-10-19-25-26-20(27(17)19)16-14-22-11-12-23-16/h3,5,7,9,11-12,14,17H,2,4,6,8,10,13H2,1H3,(H,24,28). The van der Waals surface area contributed by atoms with Gasteiger partial charge in [-0.3, -0.25) is 14.3 Å². The number of nitrogens with one attached hydrogen (secondary N) is 1. The second kappa shape index (κ2) is 8.81. The van der Waals surface area contributed by atoms with Crippen LogP contribution in [0.1, 0.15) is 43.6 Å². The summed E-state index contributed by atoms with van der Waals surface area (Å²) in [6.07, 6.45) is 8.35. The van der Waals surface area contributed by atoms with Crippen LogP contribution in [0.15, 0.2) is 42.9 Å². The van der Waals surface area contributed by atoms with Crippen LogP contribution in [0.4, 0.5) is 0 Å². The van der Waals surface area contributed by atoms with Gasteiger partial charge in [0.25, 0.3) is 0 Å². The van der Waals surface area contributed by atoms with Crippen molar-refractivity contribution in [3.63, 3.8) is 0 Å². The number of hydrogen-bond acceptors (Lipinski definition) is 6. The van der Waals surface area contributed by atoms with Crippen molar-refractivity contribution in [3.8, 4) is 17.3 Å². The first-order chi connectivity index (χ1) is 14.3. The number of rotatable bonds is 6. The Balaban J connectivity index is 1.58. The van der Waals surface area contributed by atoms with Crippen molar-refractivity contribution in [1.29, 1.82) is 0 Å². The predicted molar refractivity (Wildman–Crippen MR) is 107 cm³/mol. The summed E-state index contributed by atoms with van der Waals surface area (Å²) in [5.74, 6) is 2.15. The van der Waals surface area contributed by atoms with E-state index in [1.807, 2.05) is 35.8 Å². The van der Waals surface area contributed by atoms with Crippen LogP contribution in [0.25, 0.3) is 11.5 Å². The quantitative estimate of drug-likeness (QED) is 0.693. The van der Waals surface area contributed by atoms with Gasteiger partial charge in [0.05, 0.1) is 12.8 Å². The van der Waals surface area contributed by atoms with Gasteiger partial charge >= 0.3 is 0 Å². The maximum absolute atomic E-state index is 13.2. The lowest BCUT2D eigenvalue weighted by Gasteiger charge is -2.20. The third-order valence-electron chi connectivity index (χ3n) is 5.03. The van der Waals surface area contributed by atoms with Crippen molar-refractivity contribution in [2.75, 3.05) is 6.61 Å². The van der Waals surface area contributed by atoms with Crippen LogP contribution < -0.4 is 10.1 Å². The van der Waals surface area contributed by atoms with Crippen molar-refractivity contribution in [2.24, 2.45) is 0 Å². The lowest BCUT2D eigenvalue weighted by atomic mass is 10.1. The zero-order valence-electron chi connectivity index (χ0n) is 16.4. The lowest BCUT2D eigenvalue weighted by molar-refractivity contribution is -0.124. The molecule has 8 heteroatoms. The molecular weight excluding hydrogens is 368 g/mol. The summed E-state index contributed by atoms with van der Waals surface area (Å²) >= 11 is 0. The first kappa shape index (κ1) is 19.0. The minimum atomic E-state index is -0.376. The number of ether oxygens (including phenoxy) is 1. The fourth-order valence-corrected chi connectivity index (χ4v) is 3.66. The highest BCUT2D eigenvalue weighted by molar-refractivity contribution is 5.81. The molecule has 1 unspecified atom stereocenters. The number of carbonyl (C=O) groups is 1. The van der Waals surface area contributed by atoms with E-state index < -0.39 is 0 Å². The van der Waals surface area contributed by atoms with Crippen molar-refractivity contribution in [2.45, 2.75) is 45.2 Å². The molecule has 0 saturated carbocycles. The monoisotopic (exact) mass is 392 g/mol. The molecule has 0 bridgehead atoms. The van der Waals surface area contributed by atoms with Crippen LogP contribution in [0.5, 0.6) is 5.75 Å². The molecule has 8 nitrogen and oxygen atoms in total. The molecule has 3 aromatic rings. The molecule has 29 heavy (non-hydrogen) atoms. The molecule has 2 aromatic heterocycles. The van der Waals surface area contributed by atoms with E-state index in [4.69, 9.17) is 4.74 Å². The van der Waals surface area contributed by atoms with Gasteiger partial charge in [0.2, 0.25) is 5.91 Å². The van der Waals surface area contributed by atoms with E-state index >= 15 is 0 Å².